The van der Waals surface area contributed by atoms with Crippen molar-refractivity contribution in [3.63, 3.8) is 0 Å². The highest BCUT2D eigenvalue weighted by atomic mass is 16.5. The number of benzene rings is 1. The average Bonchev–Trinajstić information content (AvgIpc) is 3.10. The van der Waals surface area contributed by atoms with E-state index in [0.29, 0.717) is 29.5 Å². The fourth-order valence-electron chi connectivity index (χ4n) is 3.33. The fourth-order valence-corrected chi connectivity index (χ4v) is 3.33. The van der Waals surface area contributed by atoms with Crippen LogP contribution in [-0.4, -0.2) is 31.7 Å². The van der Waals surface area contributed by atoms with Crippen molar-refractivity contribution < 1.29 is 9.53 Å². The Kier molecular flexibility index (Phi) is 3.52. The van der Waals surface area contributed by atoms with Crippen LogP contribution in [0.3, 0.4) is 0 Å². The Hall–Kier alpha value is -3.16. The maximum Gasteiger partial charge on any atom is 0.260 e. The Morgan fingerprint density at radius 1 is 1.32 bits per heavy atom. The maximum absolute atomic E-state index is 13.0. The van der Waals surface area contributed by atoms with Crippen molar-refractivity contribution in [3.05, 3.63) is 52.1 Å². The van der Waals surface area contributed by atoms with Crippen LogP contribution in [0.4, 0.5) is 5.82 Å². The lowest BCUT2D eigenvalue weighted by atomic mass is 9.86. The van der Waals surface area contributed by atoms with Crippen molar-refractivity contribution >= 4 is 17.5 Å². The molecule has 0 radical (unpaired) electrons. The monoisotopic (exact) mass is 339 g/mol. The van der Waals surface area contributed by atoms with E-state index in [9.17, 15) is 9.59 Å². The minimum Gasteiger partial charge on any atom is -0.494 e. The molecule has 4 rings (SSSR count). The van der Waals surface area contributed by atoms with Gasteiger partial charge in [0.25, 0.3) is 5.56 Å². The molecule has 0 bridgehead atoms. The number of para-hydroxylation sites is 1. The molecular formula is C17H17N5O3. The van der Waals surface area contributed by atoms with Crippen molar-refractivity contribution in [1.82, 2.24) is 19.2 Å². The molecule has 1 N–H and O–H groups in total. The van der Waals surface area contributed by atoms with E-state index in [1.165, 1.54) is 15.4 Å². The standard InChI is InChI=1S/C17H17N5O3/c1-3-25-12-7-5-4-6-10(12)11-8-13(23)20-15-14(11)16(24)21(2)17-18-9-19-22(15)17/h4-7,9,11H,3,8H2,1-2H3,(H,20,23)/t11-/m0/s1. The number of ether oxygens (including phenoxy) is 1. The minimum atomic E-state index is -0.404. The van der Waals surface area contributed by atoms with Crippen LogP contribution in [0.25, 0.3) is 5.78 Å². The molecule has 0 spiro atoms. The molecule has 8 heteroatoms. The van der Waals surface area contributed by atoms with Gasteiger partial charge in [-0.05, 0) is 13.0 Å². The molecule has 0 unspecified atom stereocenters. The van der Waals surface area contributed by atoms with E-state index in [1.807, 2.05) is 31.2 Å². The van der Waals surface area contributed by atoms with Crippen LogP contribution in [0.2, 0.25) is 0 Å². The summed E-state index contributed by atoms with van der Waals surface area (Å²) in [6.07, 6.45) is 1.53. The zero-order chi connectivity index (χ0) is 17.6. The summed E-state index contributed by atoms with van der Waals surface area (Å²) in [4.78, 5) is 29.4. The van der Waals surface area contributed by atoms with Gasteiger partial charge in [0.15, 0.2) is 0 Å². The molecule has 0 fully saturated rings. The lowest BCUT2D eigenvalue weighted by Crippen LogP contribution is -2.35. The number of rotatable bonds is 3. The molecule has 2 aromatic heterocycles. The quantitative estimate of drug-likeness (QED) is 0.777. The number of aryl methyl sites for hydroxylation is 1. The third-order valence-electron chi connectivity index (χ3n) is 4.42. The number of hydrogen-bond donors (Lipinski definition) is 1. The van der Waals surface area contributed by atoms with E-state index < -0.39 is 5.92 Å². The summed E-state index contributed by atoms with van der Waals surface area (Å²) in [7, 11) is 1.65. The summed E-state index contributed by atoms with van der Waals surface area (Å²) >= 11 is 0. The predicted octanol–water partition coefficient (Wildman–Crippen LogP) is 1.30. The molecule has 1 amide bonds. The fraction of sp³-hybridized carbons (Fsp3) is 0.294. The summed E-state index contributed by atoms with van der Waals surface area (Å²) < 4.78 is 8.64. The number of fused-ring (bicyclic) bond motifs is 3. The molecule has 25 heavy (non-hydrogen) atoms. The number of aromatic nitrogens is 4. The molecule has 1 aliphatic rings. The molecule has 1 aromatic carbocycles. The smallest absolute Gasteiger partial charge is 0.260 e. The van der Waals surface area contributed by atoms with Crippen LogP contribution in [0.15, 0.2) is 35.4 Å². The van der Waals surface area contributed by atoms with E-state index in [1.54, 1.807) is 7.05 Å². The highest BCUT2D eigenvalue weighted by Gasteiger charge is 2.34. The van der Waals surface area contributed by atoms with Crippen molar-refractivity contribution in [2.24, 2.45) is 7.05 Å². The van der Waals surface area contributed by atoms with E-state index in [4.69, 9.17) is 4.74 Å². The Bertz CT molecular complexity index is 1040. The van der Waals surface area contributed by atoms with Gasteiger partial charge in [-0.25, -0.2) is 0 Å². The van der Waals surface area contributed by atoms with Gasteiger partial charge in [0.1, 0.15) is 17.9 Å². The molecule has 1 aliphatic heterocycles. The number of carbonyl (C=O) groups is 1. The van der Waals surface area contributed by atoms with Gasteiger partial charge in [0.2, 0.25) is 11.7 Å². The summed E-state index contributed by atoms with van der Waals surface area (Å²) in [5.74, 6) is 0.856. The minimum absolute atomic E-state index is 0.172. The maximum atomic E-state index is 13.0. The van der Waals surface area contributed by atoms with Gasteiger partial charge < -0.3 is 10.1 Å². The van der Waals surface area contributed by atoms with Crippen molar-refractivity contribution in [2.75, 3.05) is 11.9 Å². The summed E-state index contributed by atoms with van der Waals surface area (Å²) in [6.45, 7) is 2.40. The van der Waals surface area contributed by atoms with E-state index >= 15 is 0 Å². The average molecular weight is 339 g/mol. The van der Waals surface area contributed by atoms with Crippen LogP contribution >= 0.6 is 0 Å². The lowest BCUT2D eigenvalue weighted by Gasteiger charge is -2.27. The largest absolute Gasteiger partial charge is 0.494 e. The first-order chi connectivity index (χ1) is 12.1. The summed E-state index contributed by atoms with van der Waals surface area (Å²) in [5, 5.41) is 6.93. The van der Waals surface area contributed by atoms with Crippen molar-refractivity contribution in [3.8, 4) is 5.75 Å². The van der Waals surface area contributed by atoms with Crippen LogP contribution in [-0.2, 0) is 11.8 Å². The zero-order valence-corrected chi connectivity index (χ0v) is 13.9. The first-order valence-electron chi connectivity index (χ1n) is 8.06. The molecular weight excluding hydrogens is 322 g/mol. The second-order valence-corrected chi connectivity index (χ2v) is 5.87. The topological polar surface area (TPSA) is 90.5 Å². The SMILES string of the molecule is CCOc1ccccc1[C@@H]1CC(=O)Nc2c1c(=O)n(C)c1ncnn21. The van der Waals surface area contributed by atoms with Crippen LogP contribution in [0.1, 0.15) is 30.4 Å². The van der Waals surface area contributed by atoms with Crippen molar-refractivity contribution in [2.45, 2.75) is 19.3 Å². The van der Waals surface area contributed by atoms with Gasteiger partial charge in [-0.15, -0.1) is 0 Å². The third-order valence-corrected chi connectivity index (χ3v) is 4.42. The van der Waals surface area contributed by atoms with Crippen LogP contribution in [0.5, 0.6) is 5.75 Å². The van der Waals surface area contributed by atoms with Crippen molar-refractivity contribution in [1.29, 1.82) is 0 Å². The molecule has 1 atom stereocenters. The molecule has 0 aliphatic carbocycles. The number of amides is 1. The highest BCUT2D eigenvalue weighted by molar-refractivity contribution is 5.94. The molecule has 3 aromatic rings. The van der Waals surface area contributed by atoms with Gasteiger partial charge in [0, 0.05) is 24.9 Å². The van der Waals surface area contributed by atoms with E-state index in [2.05, 4.69) is 15.4 Å². The zero-order valence-electron chi connectivity index (χ0n) is 13.9. The van der Waals surface area contributed by atoms with Gasteiger partial charge in [-0.1, -0.05) is 18.2 Å². The molecule has 3 heterocycles. The molecule has 0 saturated heterocycles. The van der Waals surface area contributed by atoms with Gasteiger partial charge in [-0.2, -0.15) is 14.6 Å². The van der Waals surface area contributed by atoms with Crippen LogP contribution < -0.4 is 15.6 Å². The Balaban J connectivity index is 2.01. The Morgan fingerprint density at radius 3 is 2.92 bits per heavy atom. The lowest BCUT2D eigenvalue weighted by molar-refractivity contribution is -0.116. The van der Waals surface area contributed by atoms with E-state index in [0.717, 1.165) is 5.56 Å². The van der Waals surface area contributed by atoms with Gasteiger partial charge in [0.05, 0.1) is 12.2 Å². The van der Waals surface area contributed by atoms with E-state index in [-0.39, 0.29) is 17.9 Å². The molecule has 8 nitrogen and oxygen atoms in total. The number of carbonyl (C=O) groups excluding carboxylic acids is 1. The Morgan fingerprint density at radius 2 is 2.12 bits per heavy atom. The van der Waals surface area contributed by atoms with Crippen LogP contribution in [0, 0.1) is 0 Å². The summed E-state index contributed by atoms with van der Waals surface area (Å²) in [6, 6.07) is 7.49. The van der Waals surface area contributed by atoms with Gasteiger partial charge in [-0.3, -0.25) is 14.2 Å². The molecule has 0 saturated carbocycles. The normalized spacial score (nSPS) is 16.6. The second kappa shape index (κ2) is 5.73. The third kappa shape index (κ3) is 2.29. The highest BCUT2D eigenvalue weighted by Crippen LogP contribution is 2.38. The number of hydrogen-bond acceptors (Lipinski definition) is 5. The number of anilines is 1. The summed E-state index contributed by atoms with van der Waals surface area (Å²) in [5.41, 5.74) is 1.11. The van der Waals surface area contributed by atoms with Gasteiger partial charge >= 0.3 is 0 Å². The molecule has 128 valence electrons. The number of nitrogens with zero attached hydrogens (tertiary/aromatic N) is 4. The second-order valence-electron chi connectivity index (χ2n) is 5.87. The first-order valence-corrected chi connectivity index (χ1v) is 8.06. The number of nitrogens with one attached hydrogen (secondary N) is 1. The first kappa shape index (κ1) is 15.4. The predicted molar refractivity (Wildman–Crippen MR) is 90.9 cm³/mol. The Labute approximate surface area is 143 Å².